The third-order valence-corrected chi connectivity index (χ3v) is 2.26. The number of anilines is 1. The highest BCUT2D eigenvalue weighted by Crippen LogP contribution is 2.27. The van der Waals surface area contributed by atoms with Gasteiger partial charge in [0.05, 0.1) is 13.2 Å². The molecule has 1 aromatic rings. The lowest BCUT2D eigenvalue weighted by molar-refractivity contribution is 0.201. The van der Waals surface area contributed by atoms with Crippen molar-refractivity contribution < 1.29 is 9.47 Å². The van der Waals surface area contributed by atoms with E-state index >= 15 is 0 Å². The molecule has 1 aliphatic heterocycles. The molecule has 2 rings (SSSR count). The van der Waals surface area contributed by atoms with Gasteiger partial charge in [0.1, 0.15) is 12.3 Å². The molecular weight excluding hydrogens is 180 g/mol. The van der Waals surface area contributed by atoms with Gasteiger partial charge in [-0.2, -0.15) is 0 Å². The van der Waals surface area contributed by atoms with E-state index in [2.05, 4.69) is 9.88 Å². The van der Waals surface area contributed by atoms with Crippen LogP contribution in [0.25, 0.3) is 0 Å². The number of nitrogens with zero attached hydrogens (tertiary/aromatic N) is 2. The summed E-state index contributed by atoms with van der Waals surface area (Å²) in [5.74, 6) is 0.731. The average molecular weight is 194 g/mol. The quantitative estimate of drug-likeness (QED) is 0.717. The fourth-order valence-electron chi connectivity index (χ4n) is 1.54. The molecule has 0 spiro atoms. The minimum atomic E-state index is 0.702. The van der Waals surface area contributed by atoms with Crippen molar-refractivity contribution in [1.29, 1.82) is 0 Å². The number of methoxy groups -OCH3 is 1. The zero-order chi connectivity index (χ0) is 9.80. The molecule has 1 aromatic heterocycles. The fourth-order valence-corrected chi connectivity index (χ4v) is 1.54. The molecule has 0 unspecified atom stereocenters. The minimum absolute atomic E-state index is 0.702. The number of aromatic nitrogens is 1. The summed E-state index contributed by atoms with van der Waals surface area (Å²) in [6.07, 6.45) is 1.75. The molecule has 0 fully saturated rings. The molecule has 0 saturated carbocycles. The summed E-state index contributed by atoms with van der Waals surface area (Å²) in [5.41, 5.74) is 1.07. The molecule has 0 radical (unpaired) electrons. The van der Waals surface area contributed by atoms with Crippen LogP contribution in [0.4, 0.5) is 5.69 Å². The second kappa shape index (κ2) is 4.28. The van der Waals surface area contributed by atoms with E-state index in [9.17, 15) is 0 Å². The summed E-state index contributed by atoms with van der Waals surface area (Å²) in [7, 11) is 1.71. The number of hydrogen-bond acceptors (Lipinski definition) is 4. The van der Waals surface area contributed by atoms with Gasteiger partial charge < -0.3 is 14.4 Å². The van der Waals surface area contributed by atoms with Crippen LogP contribution in [0.15, 0.2) is 18.3 Å². The lowest BCUT2D eigenvalue weighted by Crippen LogP contribution is -2.35. The van der Waals surface area contributed by atoms with Crippen LogP contribution in [-0.2, 0) is 4.74 Å². The van der Waals surface area contributed by atoms with Crippen molar-refractivity contribution in [2.75, 3.05) is 38.3 Å². The standard InChI is InChI=1S/C10H14N2O2/c1-13-7-5-12-6-8-14-10-9(12)3-2-4-11-10/h2-4H,5-8H2,1H3. The highest BCUT2D eigenvalue weighted by molar-refractivity contribution is 5.55. The van der Waals surface area contributed by atoms with Gasteiger partial charge in [0.25, 0.3) is 0 Å². The Kier molecular flexibility index (Phi) is 2.84. The molecule has 4 nitrogen and oxygen atoms in total. The van der Waals surface area contributed by atoms with Crippen LogP contribution >= 0.6 is 0 Å². The van der Waals surface area contributed by atoms with E-state index in [1.807, 2.05) is 12.1 Å². The first-order valence-electron chi connectivity index (χ1n) is 4.73. The monoisotopic (exact) mass is 194 g/mol. The van der Waals surface area contributed by atoms with Crippen LogP contribution in [0.2, 0.25) is 0 Å². The van der Waals surface area contributed by atoms with Gasteiger partial charge in [-0.1, -0.05) is 0 Å². The molecule has 0 amide bonds. The van der Waals surface area contributed by atoms with Crippen molar-refractivity contribution in [3.05, 3.63) is 18.3 Å². The fraction of sp³-hybridized carbons (Fsp3) is 0.500. The zero-order valence-corrected chi connectivity index (χ0v) is 8.27. The Morgan fingerprint density at radius 1 is 1.64 bits per heavy atom. The van der Waals surface area contributed by atoms with E-state index < -0.39 is 0 Å². The molecule has 14 heavy (non-hydrogen) atoms. The maximum Gasteiger partial charge on any atom is 0.237 e. The molecule has 0 saturated heterocycles. The van der Waals surface area contributed by atoms with Crippen molar-refractivity contribution in [2.24, 2.45) is 0 Å². The summed E-state index contributed by atoms with van der Waals surface area (Å²) in [6.45, 7) is 3.22. The summed E-state index contributed by atoms with van der Waals surface area (Å²) in [4.78, 5) is 6.40. The van der Waals surface area contributed by atoms with E-state index in [0.717, 1.165) is 31.3 Å². The van der Waals surface area contributed by atoms with Gasteiger partial charge in [-0.05, 0) is 12.1 Å². The maximum absolute atomic E-state index is 5.44. The molecule has 4 heteroatoms. The zero-order valence-electron chi connectivity index (χ0n) is 8.27. The molecule has 0 aromatic carbocycles. The van der Waals surface area contributed by atoms with E-state index in [-0.39, 0.29) is 0 Å². The Hall–Kier alpha value is -1.29. The van der Waals surface area contributed by atoms with Crippen molar-refractivity contribution in [2.45, 2.75) is 0 Å². The Morgan fingerprint density at radius 2 is 2.57 bits per heavy atom. The highest BCUT2D eigenvalue weighted by Gasteiger charge is 2.17. The van der Waals surface area contributed by atoms with Gasteiger partial charge in [0.2, 0.25) is 5.88 Å². The molecule has 0 bridgehead atoms. The highest BCUT2D eigenvalue weighted by atomic mass is 16.5. The van der Waals surface area contributed by atoms with Crippen LogP contribution in [0, 0.1) is 0 Å². The van der Waals surface area contributed by atoms with Crippen LogP contribution in [0.5, 0.6) is 5.88 Å². The van der Waals surface area contributed by atoms with E-state index in [0.29, 0.717) is 6.61 Å². The normalized spacial score (nSPS) is 14.8. The number of hydrogen-bond donors (Lipinski definition) is 0. The third kappa shape index (κ3) is 1.80. The summed E-state index contributed by atoms with van der Waals surface area (Å²) < 4.78 is 10.5. The molecule has 0 atom stereocenters. The molecular formula is C10H14N2O2. The summed E-state index contributed by atoms with van der Waals surface area (Å²) in [6, 6.07) is 3.95. The van der Waals surface area contributed by atoms with Crippen molar-refractivity contribution in [3.8, 4) is 5.88 Å². The van der Waals surface area contributed by atoms with E-state index in [1.165, 1.54) is 0 Å². The van der Waals surface area contributed by atoms with Crippen LogP contribution in [0.1, 0.15) is 0 Å². The Bertz CT molecular complexity index is 304. The topological polar surface area (TPSA) is 34.6 Å². The Morgan fingerprint density at radius 3 is 3.43 bits per heavy atom. The van der Waals surface area contributed by atoms with Gasteiger partial charge in [-0.25, -0.2) is 4.98 Å². The minimum Gasteiger partial charge on any atom is -0.474 e. The van der Waals surface area contributed by atoms with Gasteiger partial charge >= 0.3 is 0 Å². The van der Waals surface area contributed by atoms with Gasteiger partial charge in [-0.15, -0.1) is 0 Å². The first kappa shape index (κ1) is 9.27. The molecule has 76 valence electrons. The SMILES string of the molecule is COCCN1CCOc2ncccc21. The summed E-state index contributed by atoms with van der Waals surface area (Å²) >= 11 is 0. The largest absolute Gasteiger partial charge is 0.474 e. The van der Waals surface area contributed by atoms with Crippen molar-refractivity contribution >= 4 is 5.69 Å². The van der Waals surface area contributed by atoms with Crippen molar-refractivity contribution in [3.63, 3.8) is 0 Å². The van der Waals surface area contributed by atoms with Crippen LogP contribution in [0.3, 0.4) is 0 Å². The smallest absolute Gasteiger partial charge is 0.237 e. The average Bonchev–Trinajstić information content (AvgIpc) is 2.26. The molecule has 1 aliphatic rings. The van der Waals surface area contributed by atoms with E-state index in [4.69, 9.17) is 9.47 Å². The number of pyridine rings is 1. The third-order valence-electron chi connectivity index (χ3n) is 2.26. The lowest BCUT2D eigenvalue weighted by Gasteiger charge is -2.29. The van der Waals surface area contributed by atoms with Gasteiger partial charge in [-0.3, -0.25) is 0 Å². The molecule has 0 aliphatic carbocycles. The number of rotatable bonds is 3. The second-order valence-electron chi connectivity index (χ2n) is 3.16. The first-order chi connectivity index (χ1) is 6.92. The Labute approximate surface area is 83.5 Å². The summed E-state index contributed by atoms with van der Waals surface area (Å²) in [5, 5.41) is 0. The van der Waals surface area contributed by atoms with E-state index in [1.54, 1.807) is 13.3 Å². The van der Waals surface area contributed by atoms with Crippen LogP contribution in [-0.4, -0.2) is 38.4 Å². The maximum atomic E-state index is 5.44. The molecule has 0 N–H and O–H groups in total. The van der Waals surface area contributed by atoms with Crippen molar-refractivity contribution in [1.82, 2.24) is 4.98 Å². The predicted octanol–water partition coefficient (Wildman–Crippen LogP) is 0.927. The second-order valence-corrected chi connectivity index (χ2v) is 3.16. The van der Waals surface area contributed by atoms with Gasteiger partial charge in [0.15, 0.2) is 0 Å². The number of ether oxygens (including phenoxy) is 2. The predicted molar refractivity (Wildman–Crippen MR) is 53.8 cm³/mol. The van der Waals surface area contributed by atoms with Gasteiger partial charge in [0, 0.05) is 19.9 Å². The number of fused-ring (bicyclic) bond motifs is 1. The Balaban J connectivity index is 2.14. The first-order valence-corrected chi connectivity index (χ1v) is 4.73. The van der Waals surface area contributed by atoms with Crippen LogP contribution < -0.4 is 9.64 Å². The lowest BCUT2D eigenvalue weighted by atomic mass is 10.3. The molecule has 2 heterocycles.